The Morgan fingerprint density at radius 1 is 1.40 bits per heavy atom. The van der Waals surface area contributed by atoms with Crippen LogP contribution in [0.2, 0.25) is 0 Å². The van der Waals surface area contributed by atoms with Gasteiger partial charge in [0.2, 0.25) is 0 Å². The maximum Gasteiger partial charge on any atom is 0.263 e. The van der Waals surface area contributed by atoms with Crippen molar-refractivity contribution in [1.29, 1.82) is 0 Å². The van der Waals surface area contributed by atoms with Gasteiger partial charge in [0.25, 0.3) is 10.0 Å². The zero-order valence-electron chi connectivity index (χ0n) is 10.6. The molecule has 0 saturated carbocycles. The summed E-state index contributed by atoms with van der Waals surface area (Å²) in [5.41, 5.74) is 5.99. The van der Waals surface area contributed by atoms with E-state index >= 15 is 0 Å². The lowest BCUT2D eigenvalue weighted by Gasteiger charge is -2.10. The zero-order valence-corrected chi connectivity index (χ0v) is 13.8. The van der Waals surface area contributed by atoms with Gasteiger partial charge in [0.15, 0.2) is 0 Å². The summed E-state index contributed by atoms with van der Waals surface area (Å²) >= 11 is 4.64. The second-order valence-corrected chi connectivity index (χ2v) is 7.37. The SMILES string of the molecule is COc1ccc(NS(=O)(=O)c2ccsc2CN)cc1Br. The summed E-state index contributed by atoms with van der Waals surface area (Å²) in [5, 5.41) is 1.71. The third kappa shape index (κ3) is 3.14. The average Bonchev–Trinajstić information content (AvgIpc) is 2.87. The van der Waals surface area contributed by atoms with Gasteiger partial charge in [-0.3, -0.25) is 4.72 Å². The highest BCUT2D eigenvalue weighted by Gasteiger charge is 2.19. The first-order valence-electron chi connectivity index (χ1n) is 5.60. The molecule has 0 bridgehead atoms. The van der Waals surface area contributed by atoms with Crippen molar-refractivity contribution in [2.45, 2.75) is 11.4 Å². The molecule has 1 aromatic heterocycles. The maximum absolute atomic E-state index is 12.3. The molecule has 0 aliphatic heterocycles. The molecule has 0 aliphatic rings. The Morgan fingerprint density at radius 3 is 2.75 bits per heavy atom. The fraction of sp³-hybridized carbons (Fsp3) is 0.167. The Morgan fingerprint density at radius 2 is 2.15 bits per heavy atom. The molecule has 0 atom stereocenters. The van der Waals surface area contributed by atoms with E-state index in [2.05, 4.69) is 20.7 Å². The number of sulfonamides is 1. The Kier molecular flexibility index (Phi) is 4.69. The lowest BCUT2D eigenvalue weighted by Crippen LogP contribution is -2.14. The van der Waals surface area contributed by atoms with Crippen molar-refractivity contribution in [2.75, 3.05) is 11.8 Å². The van der Waals surface area contributed by atoms with Crippen LogP contribution in [0, 0.1) is 0 Å². The molecule has 108 valence electrons. The molecule has 1 aromatic carbocycles. The van der Waals surface area contributed by atoms with E-state index in [4.69, 9.17) is 10.5 Å². The lowest BCUT2D eigenvalue weighted by molar-refractivity contribution is 0.412. The average molecular weight is 377 g/mol. The molecule has 0 aliphatic carbocycles. The van der Waals surface area contributed by atoms with Gasteiger partial charge in [-0.1, -0.05) is 0 Å². The normalized spacial score (nSPS) is 11.3. The van der Waals surface area contributed by atoms with Crippen LogP contribution in [-0.4, -0.2) is 15.5 Å². The lowest BCUT2D eigenvalue weighted by atomic mass is 10.3. The van der Waals surface area contributed by atoms with Crippen LogP contribution in [0.4, 0.5) is 5.69 Å². The Labute approximate surface area is 129 Å². The number of benzene rings is 1. The van der Waals surface area contributed by atoms with Crippen LogP contribution in [0.3, 0.4) is 0 Å². The molecule has 3 N–H and O–H groups in total. The molecule has 0 radical (unpaired) electrons. The fourth-order valence-electron chi connectivity index (χ4n) is 1.66. The predicted octanol–water partition coefficient (Wildman–Crippen LogP) is 2.78. The minimum atomic E-state index is -3.63. The monoisotopic (exact) mass is 376 g/mol. The fourth-order valence-corrected chi connectivity index (χ4v) is 4.58. The predicted molar refractivity (Wildman–Crippen MR) is 83.7 cm³/mol. The highest BCUT2D eigenvalue weighted by Crippen LogP contribution is 2.30. The van der Waals surface area contributed by atoms with Crippen molar-refractivity contribution in [3.63, 3.8) is 0 Å². The number of thiophene rings is 1. The second kappa shape index (κ2) is 6.13. The molecule has 0 amide bonds. The minimum absolute atomic E-state index is 0.195. The van der Waals surface area contributed by atoms with Gasteiger partial charge in [-0.15, -0.1) is 11.3 Å². The summed E-state index contributed by atoms with van der Waals surface area (Å²) in [6.45, 7) is 0.195. The van der Waals surface area contributed by atoms with Gasteiger partial charge in [0.1, 0.15) is 10.6 Å². The summed E-state index contributed by atoms with van der Waals surface area (Å²) in [7, 11) is -2.09. The highest BCUT2D eigenvalue weighted by atomic mass is 79.9. The standard InChI is InChI=1S/C12H13BrN2O3S2/c1-18-10-3-2-8(6-9(10)13)15-20(16,17)12-4-5-19-11(12)7-14/h2-6,15H,7,14H2,1H3. The van der Waals surface area contributed by atoms with Gasteiger partial charge >= 0.3 is 0 Å². The van der Waals surface area contributed by atoms with Crippen LogP contribution in [0.15, 0.2) is 39.0 Å². The Hall–Kier alpha value is -1.09. The van der Waals surface area contributed by atoms with E-state index < -0.39 is 10.0 Å². The molecular formula is C12H13BrN2O3S2. The summed E-state index contributed by atoms with van der Waals surface area (Å²) in [6.07, 6.45) is 0. The van der Waals surface area contributed by atoms with E-state index in [1.807, 2.05) is 0 Å². The van der Waals surface area contributed by atoms with Crippen LogP contribution in [0.1, 0.15) is 4.88 Å². The van der Waals surface area contributed by atoms with Crippen LogP contribution in [-0.2, 0) is 16.6 Å². The van der Waals surface area contributed by atoms with E-state index in [0.717, 1.165) is 0 Å². The summed E-state index contributed by atoms with van der Waals surface area (Å²) < 4.78 is 32.9. The number of nitrogens with two attached hydrogens (primary N) is 1. The summed E-state index contributed by atoms with van der Waals surface area (Å²) in [4.78, 5) is 0.849. The summed E-state index contributed by atoms with van der Waals surface area (Å²) in [5.74, 6) is 0.631. The smallest absolute Gasteiger partial charge is 0.263 e. The van der Waals surface area contributed by atoms with E-state index in [1.54, 1.807) is 36.8 Å². The first-order chi connectivity index (χ1) is 9.47. The number of hydrogen-bond donors (Lipinski definition) is 2. The largest absolute Gasteiger partial charge is 0.496 e. The zero-order chi connectivity index (χ0) is 14.8. The van der Waals surface area contributed by atoms with Crippen molar-refractivity contribution in [1.82, 2.24) is 0 Å². The summed E-state index contributed by atoms with van der Waals surface area (Å²) in [6, 6.07) is 6.51. The molecule has 2 rings (SSSR count). The van der Waals surface area contributed by atoms with E-state index in [1.165, 1.54) is 11.3 Å². The molecule has 1 heterocycles. The number of hydrogen-bond acceptors (Lipinski definition) is 5. The van der Waals surface area contributed by atoms with Gasteiger partial charge in [0.05, 0.1) is 17.3 Å². The molecular weight excluding hydrogens is 364 g/mol. The van der Waals surface area contributed by atoms with Crippen LogP contribution >= 0.6 is 27.3 Å². The van der Waals surface area contributed by atoms with E-state index in [-0.39, 0.29) is 11.4 Å². The van der Waals surface area contributed by atoms with Gasteiger partial charge in [-0.25, -0.2) is 8.42 Å². The molecule has 0 fully saturated rings. The molecule has 0 saturated heterocycles. The van der Waals surface area contributed by atoms with Crippen molar-refractivity contribution in [3.8, 4) is 5.75 Å². The third-order valence-corrected chi connectivity index (χ3v) is 5.74. The molecule has 2 aromatic rings. The van der Waals surface area contributed by atoms with Gasteiger partial charge in [-0.05, 0) is 45.6 Å². The molecule has 8 heteroatoms. The van der Waals surface area contributed by atoms with Crippen LogP contribution in [0.5, 0.6) is 5.75 Å². The number of ether oxygens (including phenoxy) is 1. The van der Waals surface area contributed by atoms with Crippen LogP contribution in [0.25, 0.3) is 0 Å². The topological polar surface area (TPSA) is 81.4 Å². The molecule has 5 nitrogen and oxygen atoms in total. The Balaban J connectivity index is 2.31. The first-order valence-corrected chi connectivity index (χ1v) is 8.76. The number of halogens is 1. The number of methoxy groups -OCH3 is 1. The van der Waals surface area contributed by atoms with Gasteiger partial charge in [0, 0.05) is 11.4 Å². The number of nitrogens with one attached hydrogen (secondary N) is 1. The second-order valence-electron chi connectivity index (χ2n) is 3.87. The van der Waals surface area contributed by atoms with Gasteiger partial charge < -0.3 is 10.5 Å². The number of rotatable bonds is 5. The van der Waals surface area contributed by atoms with Gasteiger partial charge in [-0.2, -0.15) is 0 Å². The molecule has 0 spiro atoms. The van der Waals surface area contributed by atoms with Crippen molar-refractivity contribution < 1.29 is 13.2 Å². The van der Waals surface area contributed by atoms with Crippen molar-refractivity contribution in [2.24, 2.45) is 5.73 Å². The van der Waals surface area contributed by atoms with E-state index in [0.29, 0.717) is 20.8 Å². The highest BCUT2D eigenvalue weighted by molar-refractivity contribution is 9.10. The van der Waals surface area contributed by atoms with Crippen LogP contribution < -0.4 is 15.2 Å². The molecule has 20 heavy (non-hydrogen) atoms. The van der Waals surface area contributed by atoms with E-state index in [9.17, 15) is 8.42 Å². The Bertz CT molecular complexity index is 713. The maximum atomic E-state index is 12.3. The quantitative estimate of drug-likeness (QED) is 0.840. The minimum Gasteiger partial charge on any atom is -0.496 e. The number of anilines is 1. The molecule has 0 unspecified atom stereocenters. The van der Waals surface area contributed by atoms with Crippen molar-refractivity contribution >= 4 is 43.0 Å². The first kappa shape index (κ1) is 15.3. The third-order valence-electron chi connectivity index (χ3n) is 2.58. The van der Waals surface area contributed by atoms with Crippen molar-refractivity contribution in [3.05, 3.63) is 39.0 Å².